The molecule has 0 saturated carbocycles. The fourth-order valence-corrected chi connectivity index (χ4v) is 3.79. The molecule has 28 heavy (non-hydrogen) atoms. The second-order valence-electron chi connectivity index (χ2n) is 6.81. The first-order valence-corrected chi connectivity index (χ1v) is 9.39. The van der Waals surface area contributed by atoms with Crippen LogP contribution in [0.2, 0.25) is 5.02 Å². The van der Waals surface area contributed by atoms with Gasteiger partial charge in [0.15, 0.2) is 17.3 Å². The number of rotatable bonds is 3. The van der Waals surface area contributed by atoms with E-state index in [0.29, 0.717) is 47.6 Å². The Kier molecular flexibility index (Phi) is 4.26. The van der Waals surface area contributed by atoms with E-state index in [1.54, 1.807) is 12.3 Å². The minimum absolute atomic E-state index is 0.0913. The van der Waals surface area contributed by atoms with Crippen LogP contribution in [0.15, 0.2) is 41.3 Å². The number of aromatic amines is 1. The second kappa shape index (κ2) is 6.92. The third kappa shape index (κ3) is 3.12. The number of nitrogens with one attached hydrogen (secondary N) is 1. The maximum Gasteiger partial charge on any atom is 0.254 e. The Hall–Kier alpha value is -2.90. The number of fused-ring (bicyclic) bond motifs is 2. The quantitative estimate of drug-likeness (QED) is 0.733. The highest BCUT2D eigenvalue weighted by Crippen LogP contribution is 2.37. The van der Waals surface area contributed by atoms with Crippen molar-refractivity contribution in [2.45, 2.75) is 19.5 Å². The van der Waals surface area contributed by atoms with Crippen LogP contribution >= 0.6 is 11.6 Å². The van der Waals surface area contributed by atoms with Gasteiger partial charge in [0.2, 0.25) is 6.79 Å². The van der Waals surface area contributed by atoms with E-state index in [-0.39, 0.29) is 12.4 Å². The molecule has 0 atom stereocenters. The van der Waals surface area contributed by atoms with Crippen molar-refractivity contribution in [1.29, 1.82) is 0 Å². The van der Waals surface area contributed by atoms with Gasteiger partial charge in [0, 0.05) is 42.5 Å². The van der Waals surface area contributed by atoms with Gasteiger partial charge in [0.1, 0.15) is 5.69 Å². The summed E-state index contributed by atoms with van der Waals surface area (Å²) in [5.74, 6) is 1.88. The van der Waals surface area contributed by atoms with E-state index in [1.807, 2.05) is 24.3 Å². The van der Waals surface area contributed by atoms with Crippen molar-refractivity contribution >= 4 is 11.6 Å². The Labute approximate surface area is 165 Å². The van der Waals surface area contributed by atoms with E-state index in [4.69, 9.17) is 21.1 Å². The van der Waals surface area contributed by atoms with Crippen molar-refractivity contribution < 1.29 is 9.47 Å². The fraction of sp³-hybridized carbons (Fsp3) is 0.250. The molecule has 142 valence electrons. The number of aromatic nitrogens is 3. The van der Waals surface area contributed by atoms with E-state index >= 15 is 0 Å². The van der Waals surface area contributed by atoms with Crippen LogP contribution in [0.5, 0.6) is 11.5 Å². The van der Waals surface area contributed by atoms with E-state index in [2.05, 4.69) is 19.9 Å². The van der Waals surface area contributed by atoms with Crippen LogP contribution in [0.4, 0.5) is 0 Å². The van der Waals surface area contributed by atoms with Gasteiger partial charge in [-0.1, -0.05) is 17.7 Å². The molecule has 0 spiro atoms. The number of hydrogen-bond acceptors (Lipinski definition) is 6. The highest BCUT2D eigenvalue weighted by atomic mass is 35.5. The third-order valence-corrected chi connectivity index (χ3v) is 5.35. The minimum Gasteiger partial charge on any atom is -0.454 e. The average Bonchev–Trinajstić information content (AvgIpc) is 3.15. The zero-order chi connectivity index (χ0) is 19.1. The van der Waals surface area contributed by atoms with Crippen molar-refractivity contribution in [3.8, 4) is 23.0 Å². The summed E-state index contributed by atoms with van der Waals surface area (Å²) in [4.78, 5) is 26.5. The maximum absolute atomic E-state index is 12.5. The lowest BCUT2D eigenvalue weighted by Gasteiger charge is -2.28. The molecule has 3 aromatic rings. The lowest BCUT2D eigenvalue weighted by Crippen LogP contribution is -2.35. The Balaban J connectivity index is 1.42. The summed E-state index contributed by atoms with van der Waals surface area (Å²) in [6.45, 7) is 2.19. The van der Waals surface area contributed by atoms with Gasteiger partial charge < -0.3 is 14.5 Å². The summed E-state index contributed by atoms with van der Waals surface area (Å²) in [6.07, 6.45) is 2.32. The summed E-state index contributed by atoms with van der Waals surface area (Å²) in [6, 6.07) is 9.24. The molecule has 5 rings (SSSR count). The van der Waals surface area contributed by atoms with Crippen molar-refractivity contribution in [2.24, 2.45) is 0 Å². The molecule has 0 saturated heterocycles. The molecule has 2 aliphatic heterocycles. The number of ether oxygens (including phenoxy) is 2. The van der Waals surface area contributed by atoms with Crippen molar-refractivity contribution in [3.05, 3.63) is 68.7 Å². The molecule has 2 aliphatic rings. The number of H-pyrrole nitrogens is 1. The minimum atomic E-state index is -0.0913. The zero-order valence-corrected chi connectivity index (χ0v) is 15.7. The summed E-state index contributed by atoms with van der Waals surface area (Å²) in [7, 11) is 0. The Morgan fingerprint density at radius 3 is 2.89 bits per heavy atom. The molecule has 1 aromatic carbocycles. The first kappa shape index (κ1) is 17.2. The molecular formula is C20H17ClN4O3. The van der Waals surface area contributed by atoms with E-state index < -0.39 is 0 Å². The second-order valence-corrected chi connectivity index (χ2v) is 7.22. The molecule has 0 radical (unpaired) electrons. The van der Waals surface area contributed by atoms with E-state index in [9.17, 15) is 4.79 Å². The third-order valence-electron chi connectivity index (χ3n) is 5.00. The summed E-state index contributed by atoms with van der Waals surface area (Å²) in [5.41, 5.74) is 3.05. The predicted octanol–water partition coefficient (Wildman–Crippen LogP) is 2.77. The molecule has 1 N–H and O–H groups in total. The number of pyridine rings is 1. The van der Waals surface area contributed by atoms with Gasteiger partial charge in [-0.3, -0.25) is 14.7 Å². The van der Waals surface area contributed by atoms with Gasteiger partial charge >= 0.3 is 0 Å². The van der Waals surface area contributed by atoms with Gasteiger partial charge in [-0.2, -0.15) is 0 Å². The van der Waals surface area contributed by atoms with Crippen LogP contribution in [0, 0.1) is 0 Å². The van der Waals surface area contributed by atoms with Gasteiger partial charge in [-0.05, 0) is 30.2 Å². The molecule has 0 unspecified atom stereocenters. The summed E-state index contributed by atoms with van der Waals surface area (Å²) >= 11 is 6.42. The topological polar surface area (TPSA) is 80.3 Å². The summed E-state index contributed by atoms with van der Waals surface area (Å²) in [5, 5.41) is 0.642. The SMILES string of the molecule is O=c1[nH]c(-c2ccccn2)nc2c1CCN(Cc1cc3c(cc1Cl)OCO3)C2. The molecule has 2 aromatic heterocycles. The average molecular weight is 397 g/mol. The Morgan fingerprint density at radius 1 is 1.21 bits per heavy atom. The molecule has 0 fully saturated rings. The fourth-order valence-electron chi connectivity index (χ4n) is 3.57. The zero-order valence-electron chi connectivity index (χ0n) is 14.9. The predicted molar refractivity (Wildman–Crippen MR) is 103 cm³/mol. The normalized spacial score (nSPS) is 15.5. The molecule has 0 aliphatic carbocycles. The lowest BCUT2D eigenvalue weighted by atomic mass is 10.1. The van der Waals surface area contributed by atoms with Crippen LogP contribution in [0.3, 0.4) is 0 Å². The van der Waals surface area contributed by atoms with Crippen LogP contribution in [-0.4, -0.2) is 33.2 Å². The smallest absolute Gasteiger partial charge is 0.254 e. The molecule has 0 bridgehead atoms. The summed E-state index contributed by atoms with van der Waals surface area (Å²) < 4.78 is 10.8. The monoisotopic (exact) mass is 396 g/mol. The largest absolute Gasteiger partial charge is 0.454 e. The van der Waals surface area contributed by atoms with Crippen LogP contribution in [-0.2, 0) is 19.5 Å². The molecule has 4 heterocycles. The molecule has 8 heteroatoms. The van der Waals surface area contributed by atoms with Crippen molar-refractivity contribution in [1.82, 2.24) is 19.9 Å². The number of nitrogens with zero attached hydrogens (tertiary/aromatic N) is 3. The van der Waals surface area contributed by atoms with Crippen LogP contribution in [0.1, 0.15) is 16.8 Å². The van der Waals surface area contributed by atoms with Gasteiger partial charge in [0.25, 0.3) is 5.56 Å². The maximum atomic E-state index is 12.5. The van der Waals surface area contributed by atoms with E-state index in [0.717, 1.165) is 23.4 Å². The van der Waals surface area contributed by atoms with Crippen molar-refractivity contribution in [2.75, 3.05) is 13.3 Å². The first-order chi connectivity index (χ1) is 13.7. The highest BCUT2D eigenvalue weighted by molar-refractivity contribution is 6.31. The molecule has 7 nitrogen and oxygen atoms in total. The van der Waals surface area contributed by atoms with Gasteiger partial charge in [0.05, 0.1) is 5.69 Å². The molecular weight excluding hydrogens is 380 g/mol. The van der Waals surface area contributed by atoms with Crippen LogP contribution in [0.25, 0.3) is 11.5 Å². The number of benzene rings is 1. The Bertz CT molecular complexity index is 1100. The van der Waals surface area contributed by atoms with Gasteiger partial charge in [-0.25, -0.2) is 4.98 Å². The van der Waals surface area contributed by atoms with Crippen molar-refractivity contribution in [3.63, 3.8) is 0 Å². The highest BCUT2D eigenvalue weighted by Gasteiger charge is 2.23. The first-order valence-electron chi connectivity index (χ1n) is 9.01. The van der Waals surface area contributed by atoms with Crippen LogP contribution < -0.4 is 15.0 Å². The number of halogens is 1. The standard InChI is InChI=1S/C20H17ClN4O3/c21-14-8-18-17(27-11-28-18)7-12(14)9-25-6-4-13-16(10-25)23-19(24-20(13)26)15-3-1-2-5-22-15/h1-3,5,7-8H,4,6,9-11H2,(H,23,24,26). The van der Waals surface area contributed by atoms with E-state index in [1.165, 1.54) is 0 Å². The molecule has 0 amide bonds. The van der Waals surface area contributed by atoms with Gasteiger partial charge in [-0.15, -0.1) is 0 Å². The lowest BCUT2D eigenvalue weighted by molar-refractivity contribution is 0.174. The number of hydrogen-bond donors (Lipinski definition) is 1. The Morgan fingerprint density at radius 2 is 2.07 bits per heavy atom.